The molecular weight excluding hydrogens is 812 g/mol. The largest absolute Gasteiger partial charge is 0.304 e. The van der Waals surface area contributed by atoms with Crippen molar-refractivity contribution < 1.29 is 32.7 Å². The first-order chi connectivity index (χ1) is 23.6. The number of hydrogen-bond donors (Lipinski definition) is 0. The molecule has 0 saturated carbocycles. The Hall–Kier alpha value is -3.48. The Balaban J connectivity index is 0.000000211. The molecule has 0 N–H and O–H groups in total. The molecule has 227 valence electrons. The summed E-state index contributed by atoms with van der Waals surface area (Å²) in [6.45, 7) is -4.35. The minimum absolute atomic E-state index is 0. The zero-order valence-electron chi connectivity index (χ0n) is 30.9. The van der Waals surface area contributed by atoms with Gasteiger partial charge in [0, 0.05) is 35.1 Å². The average Bonchev–Trinajstić information content (AvgIpc) is 3.45. The maximum atomic E-state index is 13.7. The van der Waals surface area contributed by atoms with Crippen molar-refractivity contribution in [3.63, 3.8) is 0 Å². The molecule has 7 aromatic rings. The van der Waals surface area contributed by atoms with Gasteiger partial charge in [-0.15, -0.1) is 23.8 Å². The Morgan fingerprint density at radius 2 is 1.62 bits per heavy atom. The van der Waals surface area contributed by atoms with Gasteiger partial charge < -0.3 is 4.98 Å². The van der Waals surface area contributed by atoms with Gasteiger partial charge in [0.15, 0.2) is 0 Å². The van der Waals surface area contributed by atoms with E-state index in [0.717, 1.165) is 42.6 Å². The number of rotatable bonds is 4. The average molecular weight is 852 g/mol. The van der Waals surface area contributed by atoms with Crippen molar-refractivity contribution in [3.05, 3.63) is 139 Å². The molecule has 0 saturated heterocycles. The maximum absolute atomic E-state index is 13.7. The van der Waals surface area contributed by atoms with Gasteiger partial charge >= 0.3 is 110 Å². The van der Waals surface area contributed by atoms with Crippen molar-refractivity contribution in [1.82, 2.24) is 9.97 Å². The molecule has 0 amide bonds. The van der Waals surface area contributed by atoms with Gasteiger partial charge in [0.1, 0.15) is 5.82 Å². The molecule has 1 radical (unpaired) electrons. The minimum Gasteiger partial charge on any atom is -0.304 e. The Bertz CT molecular complexity index is 2230. The molecule has 6 heteroatoms. The summed E-state index contributed by atoms with van der Waals surface area (Å²) in [6.07, 6.45) is 3.38. The maximum Gasteiger partial charge on any atom is 0.124 e. The molecule has 0 aliphatic heterocycles. The molecular formula is C39H33FGeIrN2S-2. The Morgan fingerprint density at radius 1 is 0.800 bits per heavy atom. The van der Waals surface area contributed by atoms with Gasteiger partial charge in [-0.25, -0.2) is 4.39 Å². The smallest absolute Gasteiger partial charge is 0.124 e. The summed E-state index contributed by atoms with van der Waals surface area (Å²) >= 11 is -0.345. The van der Waals surface area contributed by atoms with Gasteiger partial charge in [-0.2, -0.15) is 11.3 Å². The van der Waals surface area contributed by atoms with E-state index in [1.54, 1.807) is 18.2 Å². The summed E-state index contributed by atoms with van der Waals surface area (Å²) in [4.78, 5) is 8.96. The second kappa shape index (κ2) is 13.9. The number of fused-ring (bicyclic) bond motifs is 3. The van der Waals surface area contributed by atoms with Crippen LogP contribution in [-0.4, -0.2) is 23.2 Å². The quantitative estimate of drug-likeness (QED) is 0.130. The first kappa shape index (κ1) is 25.7. The molecule has 0 spiro atoms. The molecule has 0 bridgehead atoms. The van der Waals surface area contributed by atoms with E-state index >= 15 is 0 Å². The van der Waals surface area contributed by atoms with Crippen molar-refractivity contribution in [1.29, 1.82) is 0 Å². The molecule has 3 heterocycles. The van der Waals surface area contributed by atoms with Crippen molar-refractivity contribution in [3.8, 4) is 33.6 Å². The summed E-state index contributed by atoms with van der Waals surface area (Å²) < 4.78 is 62.7. The van der Waals surface area contributed by atoms with Gasteiger partial charge in [-0.3, -0.25) is 0 Å². The fraction of sp³-hybridized carbons (Fsp3) is 0.128. The number of pyridine rings is 2. The molecule has 4 aromatic carbocycles. The number of benzene rings is 4. The van der Waals surface area contributed by atoms with Gasteiger partial charge in [0.25, 0.3) is 0 Å². The SMILES string of the molecule is [2H]C([2H])([2H])c1c[c-]c(-c2cc[c]([Ge]([CH3])([CH3])[CH3])cn2)cc1.[2H]C([2H])([2H])c1cnc(-c2[c-]ccc3c2sc2cc(F)ccc23)cc1-c1ccccc1.[Ir]. The van der Waals surface area contributed by atoms with Crippen LogP contribution in [0.1, 0.15) is 19.4 Å². The van der Waals surface area contributed by atoms with Crippen LogP contribution in [0.25, 0.3) is 53.8 Å². The van der Waals surface area contributed by atoms with E-state index in [4.69, 9.17) is 8.22 Å². The molecule has 0 unspecified atom stereocenters. The summed E-state index contributed by atoms with van der Waals surface area (Å²) in [6, 6.07) is 35.1. The normalized spacial score (nSPS) is 13.7. The predicted molar refractivity (Wildman–Crippen MR) is 188 cm³/mol. The van der Waals surface area contributed by atoms with Crippen LogP contribution in [0.5, 0.6) is 0 Å². The van der Waals surface area contributed by atoms with E-state index in [1.807, 2.05) is 60.8 Å². The van der Waals surface area contributed by atoms with Crippen LogP contribution in [0.2, 0.25) is 17.3 Å². The molecule has 0 fully saturated rings. The number of hydrogen-bond acceptors (Lipinski definition) is 3. The fourth-order valence-corrected chi connectivity index (χ4v) is 8.34. The van der Waals surface area contributed by atoms with Crippen LogP contribution >= 0.6 is 11.3 Å². The molecule has 2 nitrogen and oxygen atoms in total. The minimum atomic E-state index is -2.28. The first-order valence-electron chi connectivity index (χ1n) is 17.2. The van der Waals surface area contributed by atoms with E-state index < -0.39 is 27.0 Å². The zero-order valence-corrected chi connectivity index (χ0v) is 30.2. The number of aromatic nitrogens is 2. The van der Waals surface area contributed by atoms with Crippen LogP contribution in [0.15, 0.2) is 109 Å². The van der Waals surface area contributed by atoms with Crippen LogP contribution < -0.4 is 4.40 Å². The van der Waals surface area contributed by atoms with Gasteiger partial charge in [-0.05, 0) is 51.5 Å². The number of nitrogens with zero attached hydrogens (tertiary/aromatic N) is 2. The first-order valence-corrected chi connectivity index (χ1v) is 22.3. The third-order valence-corrected chi connectivity index (χ3v) is 12.8. The molecule has 45 heavy (non-hydrogen) atoms. The van der Waals surface area contributed by atoms with E-state index in [2.05, 4.69) is 45.4 Å². The van der Waals surface area contributed by atoms with E-state index in [1.165, 1.54) is 40.1 Å². The van der Waals surface area contributed by atoms with Crippen LogP contribution in [0, 0.1) is 31.7 Å². The second-order valence-electron chi connectivity index (χ2n) is 11.5. The summed E-state index contributed by atoms with van der Waals surface area (Å²) in [5, 5.41) is 1.99. The van der Waals surface area contributed by atoms with Crippen molar-refractivity contribution >= 4 is 49.2 Å². The van der Waals surface area contributed by atoms with Crippen molar-refractivity contribution in [2.45, 2.75) is 31.0 Å². The Kier molecular flexibility index (Phi) is 7.92. The molecule has 0 aliphatic carbocycles. The van der Waals surface area contributed by atoms with Crippen LogP contribution in [0.4, 0.5) is 4.39 Å². The third-order valence-electron chi connectivity index (χ3n) is 7.36. The summed E-state index contributed by atoms with van der Waals surface area (Å²) in [5.74, 6) is 6.71. The van der Waals surface area contributed by atoms with Crippen LogP contribution in [0.3, 0.4) is 0 Å². The summed E-state index contributed by atoms with van der Waals surface area (Å²) in [7, 11) is 0. The van der Waals surface area contributed by atoms with Crippen molar-refractivity contribution in [2.24, 2.45) is 0 Å². The Morgan fingerprint density at radius 3 is 2.31 bits per heavy atom. The monoisotopic (exact) mass is 853 g/mol. The fourth-order valence-electron chi connectivity index (χ4n) is 4.94. The predicted octanol–water partition coefficient (Wildman–Crippen LogP) is 10.4. The molecule has 0 atom stereocenters. The second-order valence-corrected chi connectivity index (χ2v) is 23.2. The van der Waals surface area contributed by atoms with E-state index in [9.17, 15) is 4.39 Å². The number of halogens is 1. The zero-order chi connectivity index (χ0) is 35.8. The topological polar surface area (TPSA) is 25.8 Å². The Labute approximate surface area is 293 Å². The van der Waals surface area contributed by atoms with Gasteiger partial charge in [0.2, 0.25) is 0 Å². The molecule has 0 aliphatic rings. The third kappa shape index (κ3) is 7.34. The van der Waals surface area contributed by atoms with Crippen molar-refractivity contribution in [2.75, 3.05) is 0 Å². The van der Waals surface area contributed by atoms with Gasteiger partial charge in [0.05, 0.1) is 0 Å². The van der Waals surface area contributed by atoms with Crippen LogP contribution in [-0.2, 0) is 20.1 Å². The van der Waals surface area contributed by atoms with E-state index in [-0.39, 0.29) is 31.5 Å². The molecule has 7 rings (SSSR count). The van der Waals surface area contributed by atoms with Gasteiger partial charge in [-0.1, -0.05) is 47.9 Å². The summed E-state index contributed by atoms with van der Waals surface area (Å²) in [5.41, 5.74) is 5.04. The number of aryl methyl sites for hydroxylation is 2. The standard InChI is InChI=1S/C24H15FNS.C15H18GeN.Ir/c1-15-14-26-22(13-21(15)16-6-3-2-4-7-16)20-9-5-8-19-18-11-10-17(25)12-23(18)27-24(19)20;1-12-5-7-13(8-6-12)15-10-9-14(11-17-15)16(2,3)4;/h2-8,10-14H,1H3;5-7,9-11H,1-4H3;/q2*-1;/i2*1D3;. The number of thiophene rings is 1. The van der Waals surface area contributed by atoms with E-state index in [0.29, 0.717) is 16.8 Å². The molecule has 3 aromatic heterocycles.